The van der Waals surface area contributed by atoms with Crippen LogP contribution in [0.15, 0.2) is 79.1 Å². The molecule has 150 valence electrons. The fourth-order valence-electron chi connectivity index (χ4n) is 2.98. The minimum atomic E-state index is -0.473. The van der Waals surface area contributed by atoms with Crippen molar-refractivity contribution < 1.29 is 9.59 Å². The van der Waals surface area contributed by atoms with Crippen molar-refractivity contribution in [2.24, 2.45) is 0 Å². The van der Waals surface area contributed by atoms with E-state index in [1.807, 2.05) is 30.3 Å². The molecule has 0 saturated carbocycles. The van der Waals surface area contributed by atoms with Gasteiger partial charge in [0, 0.05) is 23.0 Å². The van der Waals surface area contributed by atoms with Crippen molar-refractivity contribution in [2.75, 3.05) is 0 Å². The fourth-order valence-corrected chi connectivity index (χ4v) is 3.11. The maximum absolute atomic E-state index is 12.8. The number of H-pyrrole nitrogens is 1. The van der Waals surface area contributed by atoms with Crippen molar-refractivity contribution in [1.29, 1.82) is 0 Å². The summed E-state index contributed by atoms with van der Waals surface area (Å²) in [6, 6.07) is 20.2. The van der Waals surface area contributed by atoms with Gasteiger partial charge in [-0.15, -0.1) is 0 Å². The number of carbonyl (C=O) groups is 2. The number of amides is 2. The summed E-state index contributed by atoms with van der Waals surface area (Å²) in [5.41, 5.74) is 7.81. The highest BCUT2D eigenvalue weighted by Gasteiger charge is 2.19. The molecule has 0 bridgehead atoms. The molecule has 0 saturated heterocycles. The van der Waals surface area contributed by atoms with Gasteiger partial charge in [-0.05, 0) is 29.8 Å². The zero-order valence-electron chi connectivity index (χ0n) is 15.8. The molecule has 3 N–H and O–H groups in total. The van der Waals surface area contributed by atoms with Crippen LogP contribution in [0, 0.1) is 0 Å². The molecule has 2 aromatic heterocycles. The molecule has 0 spiro atoms. The van der Waals surface area contributed by atoms with Crippen LogP contribution in [0.2, 0.25) is 5.02 Å². The third-order valence-electron chi connectivity index (χ3n) is 4.44. The number of hydrogen-bond donors (Lipinski definition) is 3. The Hall–Kier alpha value is -3.84. The third-order valence-corrected chi connectivity index (χ3v) is 4.70. The second-order valence-electron chi connectivity index (χ2n) is 6.57. The molecule has 2 heterocycles. The number of hydrazine groups is 1. The first-order chi connectivity index (χ1) is 14.6. The number of aromatic nitrogens is 3. The molecule has 0 radical (unpaired) electrons. The second kappa shape index (κ2) is 8.67. The largest absolute Gasteiger partial charge is 0.357 e. The highest BCUT2D eigenvalue weighted by Crippen LogP contribution is 2.24. The third kappa shape index (κ3) is 4.42. The van der Waals surface area contributed by atoms with Gasteiger partial charge in [-0.25, -0.2) is 0 Å². The molecule has 0 atom stereocenters. The summed E-state index contributed by atoms with van der Waals surface area (Å²) in [6.07, 6.45) is 3.29. The maximum Gasteiger partial charge on any atom is 0.286 e. The van der Waals surface area contributed by atoms with Crippen LogP contribution in [-0.2, 0) is 6.54 Å². The molecule has 0 aliphatic rings. The lowest BCUT2D eigenvalue weighted by Crippen LogP contribution is -2.41. The van der Waals surface area contributed by atoms with Gasteiger partial charge in [0.25, 0.3) is 11.8 Å². The van der Waals surface area contributed by atoms with Crippen molar-refractivity contribution in [3.8, 4) is 11.3 Å². The summed E-state index contributed by atoms with van der Waals surface area (Å²) < 4.78 is 1.70. The van der Waals surface area contributed by atoms with E-state index in [-0.39, 0.29) is 0 Å². The lowest BCUT2D eigenvalue weighted by molar-refractivity contribution is 0.0844. The first-order valence-electron chi connectivity index (χ1n) is 9.21. The van der Waals surface area contributed by atoms with E-state index in [9.17, 15) is 9.59 Å². The van der Waals surface area contributed by atoms with Gasteiger partial charge < -0.3 is 4.98 Å². The number of halogens is 1. The Morgan fingerprint density at radius 1 is 0.933 bits per heavy atom. The highest BCUT2D eigenvalue weighted by atomic mass is 35.5. The minimum Gasteiger partial charge on any atom is -0.357 e. The van der Waals surface area contributed by atoms with E-state index in [0.717, 1.165) is 11.1 Å². The van der Waals surface area contributed by atoms with Gasteiger partial charge in [-0.2, -0.15) is 5.10 Å². The van der Waals surface area contributed by atoms with E-state index < -0.39 is 11.8 Å². The highest BCUT2D eigenvalue weighted by molar-refractivity contribution is 6.30. The van der Waals surface area contributed by atoms with Gasteiger partial charge in [-0.3, -0.25) is 25.1 Å². The van der Waals surface area contributed by atoms with Crippen molar-refractivity contribution in [3.63, 3.8) is 0 Å². The molecular weight excluding hydrogens is 402 g/mol. The number of benzene rings is 2. The molecule has 0 aliphatic carbocycles. The molecule has 0 unspecified atom stereocenters. The van der Waals surface area contributed by atoms with Crippen molar-refractivity contribution in [3.05, 3.63) is 101 Å². The van der Waals surface area contributed by atoms with Crippen molar-refractivity contribution >= 4 is 23.4 Å². The van der Waals surface area contributed by atoms with Gasteiger partial charge in [0.1, 0.15) is 11.4 Å². The monoisotopic (exact) mass is 419 g/mol. The number of aromatic amines is 1. The number of nitrogens with zero attached hydrogens (tertiary/aromatic N) is 2. The number of rotatable bonds is 5. The fraction of sp³-hybridized carbons (Fsp3) is 0.0455. The molecule has 8 heteroatoms. The van der Waals surface area contributed by atoms with Gasteiger partial charge >= 0.3 is 0 Å². The predicted octanol–water partition coefficient (Wildman–Crippen LogP) is 3.65. The molecule has 4 rings (SSSR count). The summed E-state index contributed by atoms with van der Waals surface area (Å²) in [7, 11) is 0. The van der Waals surface area contributed by atoms with Crippen LogP contribution in [0.4, 0.5) is 0 Å². The van der Waals surface area contributed by atoms with Crippen LogP contribution in [-0.4, -0.2) is 26.6 Å². The number of carbonyl (C=O) groups excluding carboxylic acids is 2. The lowest BCUT2D eigenvalue weighted by atomic mass is 10.1. The normalized spacial score (nSPS) is 10.6. The second-order valence-corrected chi connectivity index (χ2v) is 7.01. The smallest absolute Gasteiger partial charge is 0.286 e. The van der Waals surface area contributed by atoms with Crippen LogP contribution in [0.3, 0.4) is 0 Å². The molecule has 0 fully saturated rings. The summed E-state index contributed by atoms with van der Waals surface area (Å²) in [5.74, 6) is -0.919. The molecule has 2 aromatic carbocycles. The summed E-state index contributed by atoms with van der Waals surface area (Å²) in [5, 5.41) is 5.19. The number of nitrogens with one attached hydrogen (secondary N) is 3. The molecule has 4 aromatic rings. The molecule has 30 heavy (non-hydrogen) atoms. The molecule has 2 amide bonds. The maximum atomic E-state index is 12.8. The topological polar surface area (TPSA) is 91.8 Å². The van der Waals surface area contributed by atoms with E-state index in [4.69, 9.17) is 11.6 Å². The zero-order chi connectivity index (χ0) is 20.9. The van der Waals surface area contributed by atoms with Crippen LogP contribution in [0.5, 0.6) is 0 Å². The van der Waals surface area contributed by atoms with Gasteiger partial charge in [0.2, 0.25) is 0 Å². The van der Waals surface area contributed by atoms with E-state index in [1.165, 1.54) is 0 Å². The first-order valence-corrected chi connectivity index (χ1v) is 9.59. The van der Waals surface area contributed by atoms with Crippen LogP contribution in [0.25, 0.3) is 11.3 Å². The lowest BCUT2D eigenvalue weighted by Gasteiger charge is -2.06. The van der Waals surface area contributed by atoms with E-state index in [0.29, 0.717) is 28.5 Å². The van der Waals surface area contributed by atoms with Crippen LogP contribution < -0.4 is 10.9 Å². The Kier molecular flexibility index (Phi) is 5.63. The molecule has 0 aliphatic heterocycles. The van der Waals surface area contributed by atoms with E-state index >= 15 is 0 Å². The SMILES string of the molecule is O=C(NNC(=O)c1cn(Cc2ccccc2)nc1-c1ccc(Cl)cc1)c1ccc[nH]1. The van der Waals surface area contributed by atoms with Crippen molar-refractivity contribution in [2.45, 2.75) is 6.54 Å². The summed E-state index contributed by atoms with van der Waals surface area (Å²) >= 11 is 5.99. The Balaban J connectivity index is 1.59. The van der Waals surface area contributed by atoms with Gasteiger partial charge in [-0.1, -0.05) is 54.1 Å². The Morgan fingerprint density at radius 3 is 2.37 bits per heavy atom. The standard InChI is InChI=1S/C22H18ClN5O2/c23-17-10-8-16(9-11-17)20-18(14-28(27-20)13-15-5-2-1-3-6-15)21(29)25-26-22(30)19-7-4-12-24-19/h1-12,14,24H,13H2,(H,25,29)(H,26,30). The minimum absolute atomic E-state index is 0.333. The summed E-state index contributed by atoms with van der Waals surface area (Å²) in [4.78, 5) is 27.7. The Labute approximate surface area is 177 Å². The summed E-state index contributed by atoms with van der Waals surface area (Å²) in [6.45, 7) is 0.504. The van der Waals surface area contributed by atoms with E-state index in [1.54, 1.807) is 53.5 Å². The molecular formula is C22H18ClN5O2. The van der Waals surface area contributed by atoms with Gasteiger partial charge in [0.05, 0.1) is 12.1 Å². The zero-order valence-corrected chi connectivity index (χ0v) is 16.6. The first kappa shape index (κ1) is 19.5. The van der Waals surface area contributed by atoms with Crippen molar-refractivity contribution in [1.82, 2.24) is 25.6 Å². The predicted molar refractivity (Wildman–Crippen MR) is 114 cm³/mol. The van der Waals surface area contributed by atoms with Gasteiger partial charge in [0.15, 0.2) is 0 Å². The average molecular weight is 420 g/mol. The Bertz CT molecular complexity index is 1150. The van der Waals surface area contributed by atoms with E-state index in [2.05, 4.69) is 20.9 Å². The Morgan fingerprint density at radius 2 is 1.67 bits per heavy atom. The number of hydrogen-bond acceptors (Lipinski definition) is 3. The average Bonchev–Trinajstić information content (AvgIpc) is 3.44. The molecule has 7 nitrogen and oxygen atoms in total. The van der Waals surface area contributed by atoms with Crippen LogP contribution in [0.1, 0.15) is 26.4 Å². The quantitative estimate of drug-likeness (QED) is 0.431. The van der Waals surface area contributed by atoms with Crippen LogP contribution >= 0.6 is 11.6 Å².